The summed E-state index contributed by atoms with van der Waals surface area (Å²) in [6.45, 7) is 0. The fourth-order valence-electron chi connectivity index (χ4n) is 3.51. The van der Waals surface area contributed by atoms with Gasteiger partial charge in [-0.15, -0.1) is 4.94 Å². The van der Waals surface area contributed by atoms with E-state index in [-0.39, 0.29) is 6.07 Å². The summed E-state index contributed by atoms with van der Waals surface area (Å²) < 4.78 is 170. The van der Waals surface area contributed by atoms with Crippen LogP contribution in [0.15, 0.2) is 42.5 Å². The SMILES string of the molecule is OC1(F)C=CC(c2ccccc2C2(F)C(F)(F)C(F)(F)C(F)(OF)C(F)(F)C2(F)F)=CC1. The smallest absolute Gasteiger partial charge is 0.358 e. The fraction of sp³-hybridized carbons (Fsp3) is 0.444. The first-order chi connectivity index (χ1) is 14.4. The average Bonchev–Trinajstić information content (AvgIpc) is 2.71. The molecular weight excluding hydrogens is 476 g/mol. The van der Waals surface area contributed by atoms with Gasteiger partial charge in [0.05, 0.1) is 0 Å². The van der Waals surface area contributed by atoms with Crippen LogP contribution in [-0.4, -0.2) is 40.5 Å². The van der Waals surface area contributed by atoms with Gasteiger partial charge < -0.3 is 5.11 Å². The van der Waals surface area contributed by atoms with Crippen molar-refractivity contribution in [2.75, 3.05) is 0 Å². The lowest BCUT2D eigenvalue weighted by atomic mass is 9.67. The van der Waals surface area contributed by atoms with Crippen molar-refractivity contribution in [1.29, 1.82) is 0 Å². The quantitative estimate of drug-likeness (QED) is 0.534. The van der Waals surface area contributed by atoms with Gasteiger partial charge in [-0.3, -0.25) is 0 Å². The van der Waals surface area contributed by atoms with Crippen LogP contribution in [0.1, 0.15) is 17.5 Å². The average molecular weight is 486 g/mol. The van der Waals surface area contributed by atoms with Gasteiger partial charge in [-0.05, 0) is 21.7 Å². The van der Waals surface area contributed by atoms with Crippen molar-refractivity contribution >= 4 is 5.57 Å². The highest BCUT2D eigenvalue weighted by Gasteiger charge is 3.02. The molecule has 0 radical (unpaired) electrons. The second kappa shape index (κ2) is 6.65. The summed E-state index contributed by atoms with van der Waals surface area (Å²) >= 11 is 0. The van der Waals surface area contributed by atoms with E-state index in [0.29, 0.717) is 30.4 Å². The van der Waals surface area contributed by atoms with Crippen molar-refractivity contribution < 1.29 is 62.9 Å². The molecule has 14 heteroatoms. The molecule has 1 N–H and O–H groups in total. The normalized spacial score (nSPS) is 37.1. The Morgan fingerprint density at radius 1 is 0.750 bits per heavy atom. The molecule has 1 aromatic rings. The Kier molecular flexibility index (Phi) is 5.08. The number of benzene rings is 1. The Labute approximate surface area is 170 Å². The van der Waals surface area contributed by atoms with Gasteiger partial charge in [0, 0.05) is 12.0 Å². The van der Waals surface area contributed by atoms with Gasteiger partial charge in [0.25, 0.3) is 5.67 Å². The molecule has 0 heterocycles. The highest BCUT2D eigenvalue weighted by atomic mass is 19.4. The Morgan fingerprint density at radius 2 is 1.25 bits per heavy atom. The van der Waals surface area contributed by atoms with Crippen LogP contribution in [0.25, 0.3) is 5.57 Å². The minimum absolute atomic E-state index is 0.0236. The van der Waals surface area contributed by atoms with Gasteiger partial charge in [-0.25, -0.2) is 8.78 Å². The molecule has 3 rings (SSSR count). The number of hydrogen-bond acceptors (Lipinski definition) is 2. The molecule has 32 heavy (non-hydrogen) atoms. The fourth-order valence-corrected chi connectivity index (χ4v) is 3.51. The van der Waals surface area contributed by atoms with Gasteiger partial charge in [-0.2, -0.15) is 39.5 Å². The number of aliphatic hydroxyl groups is 1. The third-order valence-electron chi connectivity index (χ3n) is 5.30. The zero-order valence-electron chi connectivity index (χ0n) is 15.1. The van der Waals surface area contributed by atoms with E-state index in [0.717, 1.165) is 6.07 Å². The van der Waals surface area contributed by atoms with E-state index in [1.807, 2.05) is 0 Å². The zero-order valence-corrected chi connectivity index (χ0v) is 15.1. The number of rotatable bonds is 3. The molecule has 178 valence electrons. The van der Waals surface area contributed by atoms with Crippen LogP contribution < -0.4 is 0 Å². The molecule has 1 fully saturated rings. The summed E-state index contributed by atoms with van der Waals surface area (Å²) in [5.41, 5.74) is -10.2. The van der Waals surface area contributed by atoms with Crippen molar-refractivity contribution in [3.8, 4) is 0 Å². The van der Waals surface area contributed by atoms with E-state index in [9.17, 15) is 53.5 Å². The second-order valence-electron chi connectivity index (χ2n) is 7.19. The summed E-state index contributed by atoms with van der Waals surface area (Å²) in [6, 6.07) is 2.02. The van der Waals surface area contributed by atoms with Crippen LogP contribution in [0.4, 0.5) is 52.8 Å². The number of halogens is 12. The summed E-state index contributed by atoms with van der Waals surface area (Å²) in [5.74, 6) is -38.3. The molecular formula is C18H10F12O2. The molecule has 0 saturated heterocycles. The molecule has 1 atom stereocenters. The number of hydrogen-bond donors (Lipinski definition) is 1. The lowest BCUT2D eigenvalue weighted by Crippen LogP contribution is -2.83. The van der Waals surface area contributed by atoms with Crippen LogP contribution in [0.5, 0.6) is 0 Å². The molecule has 0 amide bonds. The lowest BCUT2D eigenvalue weighted by molar-refractivity contribution is -0.537. The van der Waals surface area contributed by atoms with E-state index in [1.165, 1.54) is 0 Å². The van der Waals surface area contributed by atoms with Gasteiger partial charge in [0.1, 0.15) is 0 Å². The van der Waals surface area contributed by atoms with Crippen LogP contribution >= 0.6 is 0 Å². The molecule has 0 aromatic heterocycles. The maximum Gasteiger partial charge on any atom is 0.382 e. The second-order valence-corrected chi connectivity index (χ2v) is 7.19. The van der Waals surface area contributed by atoms with Gasteiger partial charge in [0.2, 0.25) is 5.85 Å². The molecule has 2 aliphatic carbocycles. The highest BCUT2D eigenvalue weighted by Crippen LogP contribution is 2.72. The van der Waals surface area contributed by atoms with Crippen LogP contribution in [0.3, 0.4) is 0 Å². The van der Waals surface area contributed by atoms with E-state index in [4.69, 9.17) is 0 Å². The van der Waals surface area contributed by atoms with Crippen molar-refractivity contribution in [3.63, 3.8) is 0 Å². The third-order valence-corrected chi connectivity index (χ3v) is 5.30. The minimum atomic E-state index is -7.15. The molecule has 2 nitrogen and oxygen atoms in total. The predicted octanol–water partition coefficient (Wildman–Crippen LogP) is 5.97. The first-order valence-electron chi connectivity index (χ1n) is 8.45. The number of alkyl halides is 11. The molecule has 1 saturated carbocycles. The maximum absolute atomic E-state index is 15.5. The highest BCUT2D eigenvalue weighted by molar-refractivity contribution is 5.78. The number of allylic oxidation sites excluding steroid dienone is 2. The van der Waals surface area contributed by atoms with E-state index in [1.54, 1.807) is 4.94 Å². The minimum Gasteiger partial charge on any atom is -0.358 e. The van der Waals surface area contributed by atoms with Crippen molar-refractivity contribution in [1.82, 2.24) is 0 Å². The maximum atomic E-state index is 15.5. The van der Waals surface area contributed by atoms with Crippen LogP contribution in [0.2, 0.25) is 0 Å². The molecule has 1 unspecified atom stereocenters. The van der Waals surface area contributed by atoms with Crippen LogP contribution in [0, 0.1) is 0 Å². The lowest BCUT2D eigenvalue weighted by Gasteiger charge is -2.53. The van der Waals surface area contributed by atoms with E-state index in [2.05, 4.69) is 0 Å². The summed E-state index contributed by atoms with van der Waals surface area (Å²) in [5, 5.41) is 9.19. The molecule has 0 aliphatic heterocycles. The van der Waals surface area contributed by atoms with Gasteiger partial charge in [-0.1, -0.05) is 36.4 Å². The first-order valence-corrected chi connectivity index (χ1v) is 8.45. The molecule has 2 aliphatic rings. The standard InChI is InChI=1S/C18H10F12O2/c19-12(31)7-5-9(6-8-12)10-3-1-2-4-11(10)13(20)14(21,22)16(25,26)18(29,32-30)17(27,28)15(13,23)24/h1-7,31H,8H2. The van der Waals surface area contributed by atoms with Crippen molar-refractivity contribution in [2.24, 2.45) is 0 Å². The Bertz CT molecular complexity index is 954. The molecule has 0 spiro atoms. The zero-order chi connectivity index (χ0) is 24.6. The largest absolute Gasteiger partial charge is 0.382 e. The summed E-state index contributed by atoms with van der Waals surface area (Å²) in [6.07, 6.45) is 0.648. The van der Waals surface area contributed by atoms with Crippen LogP contribution in [-0.2, 0) is 10.6 Å². The predicted molar refractivity (Wildman–Crippen MR) is 82.8 cm³/mol. The third kappa shape index (κ3) is 2.59. The van der Waals surface area contributed by atoms with Gasteiger partial charge >= 0.3 is 29.5 Å². The monoisotopic (exact) mass is 486 g/mol. The first kappa shape index (κ1) is 24.4. The van der Waals surface area contributed by atoms with Crippen molar-refractivity contribution in [2.45, 2.75) is 47.5 Å². The molecule has 0 bridgehead atoms. The Morgan fingerprint density at radius 3 is 1.69 bits per heavy atom. The summed E-state index contributed by atoms with van der Waals surface area (Å²) in [7, 11) is 0. The van der Waals surface area contributed by atoms with Gasteiger partial charge in [0.15, 0.2) is 0 Å². The Hall–Kier alpha value is -2.22. The summed E-state index contributed by atoms with van der Waals surface area (Å²) in [4.78, 5) is 1.59. The van der Waals surface area contributed by atoms with E-state index >= 15 is 4.39 Å². The van der Waals surface area contributed by atoms with Crippen molar-refractivity contribution in [3.05, 3.63) is 53.6 Å². The molecule has 1 aromatic carbocycles. The van der Waals surface area contributed by atoms with E-state index < -0.39 is 64.2 Å². The topological polar surface area (TPSA) is 29.5 Å². The Balaban J connectivity index is 2.36.